The van der Waals surface area contributed by atoms with Crippen molar-refractivity contribution in [3.8, 4) is 17.2 Å². The fraction of sp³-hybridized carbons (Fsp3) is 0.316. The standard InChI is InChI=1S/C19H22O4/c1-2-3-4-8-11-14-15(12-16(20)19(23)18(14)22)17(21)13-9-6-5-7-10-13/h5-7,9-10,12,20,22-23H,2-4,8,11H2,1H3. The smallest absolute Gasteiger partial charge is 0.200 e. The highest BCUT2D eigenvalue weighted by atomic mass is 16.3. The van der Waals surface area contributed by atoms with Crippen LogP contribution >= 0.6 is 0 Å². The molecule has 0 bridgehead atoms. The fourth-order valence-electron chi connectivity index (χ4n) is 2.61. The molecule has 0 aliphatic rings. The first kappa shape index (κ1) is 16.9. The number of hydrogen-bond donors (Lipinski definition) is 3. The highest BCUT2D eigenvalue weighted by molar-refractivity contribution is 6.10. The quantitative estimate of drug-likeness (QED) is 0.407. The van der Waals surface area contributed by atoms with Gasteiger partial charge < -0.3 is 15.3 Å². The monoisotopic (exact) mass is 314 g/mol. The van der Waals surface area contributed by atoms with Crippen LogP contribution in [0.1, 0.15) is 54.1 Å². The summed E-state index contributed by atoms with van der Waals surface area (Å²) >= 11 is 0. The van der Waals surface area contributed by atoms with E-state index >= 15 is 0 Å². The van der Waals surface area contributed by atoms with Crippen LogP contribution < -0.4 is 0 Å². The van der Waals surface area contributed by atoms with Crippen LogP contribution in [0.4, 0.5) is 0 Å². The van der Waals surface area contributed by atoms with Gasteiger partial charge in [0, 0.05) is 16.7 Å². The fourth-order valence-corrected chi connectivity index (χ4v) is 2.61. The van der Waals surface area contributed by atoms with Crippen molar-refractivity contribution in [3.05, 3.63) is 53.1 Å². The number of carbonyl (C=O) groups excluding carboxylic acids is 1. The Hall–Kier alpha value is -2.49. The minimum absolute atomic E-state index is 0.237. The average molecular weight is 314 g/mol. The summed E-state index contributed by atoms with van der Waals surface area (Å²) in [5.41, 5.74) is 1.11. The maximum atomic E-state index is 12.7. The molecule has 0 amide bonds. The molecule has 0 aliphatic heterocycles. The molecule has 0 radical (unpaired) electrons. The van der Waals surface area contributed by atoms with Gasteiger partial charge in [0.2, 0.25) is 5.75 Å². The molecule has 2 aromatic rings. The van der Waals surface area contributed by atoms with Crippen molar-refractivity contribution in [2.45, 2.75) is 39.0 Å². The van der Waals surface area contributed by atoms with Crippen molar-refractivity contribution in [2.24, 2.45) is 0 Å². The van der Waals surface area contributed by atoms with Crippen molar-refractivity contribution in [1.82, 2.24) is 0 Å². The number of carbonyl (C=O) groups is 1. The Kier molecular flexibility index (Phi) is 5.63. The number of aromatic hydroxyl groups is 3. The van der Waals surface area contributed by atoms with Gasteiger partial charge in [-0.1, -0.05) is 56.5 Å². The van der Waals surface area contributed by atoms with Crippen LogP contribution in [0.3, 0.4) is 0 Å². The van der Waals surface area contributed by atoms with Crippen LogP contribution in [0.15, 0.2) is 36.4 Å². The summed E-state index contributed by atoms with van der Waals surface area (Å²) in [4.78, 5) is 12.7. The van der Waals surface area contributed by atoms with Crippen LogP contribution in [0, 0.1) is 0 Å². The van der Waals surface area contributed by atoms with Crippen molar-refractivity contribution >= 4 is 5.78 Å². The highest BCUT2D eigenvalue weighted by Gasteiger charge is 2.21. The first-order chi connectivity index (χ1) is 11.1. The largest absolute Gasteiger partial charge is 0.504 e. The van der Waals surface area contributed by atoms with Crippen LogP contribution in [-0.4, -0.2) is 21.1 Å². The molecular weight excluding hydrogens is 292 g/mol. The normalized spacial score (nSPS) is 10.7. The van der Waals surface area contributed by atoms with E-state index in [0.717, 1.165) is 25.7 Å². The summed E-state index contributed by atoms with van der Waals surface area (Å²) in [6.07, 6.45) is 4.43. The molecule has 3 N–H and O–H groups in total. The first-order valence-electron chi connectivity index (χ1n) is 7.92. The maximum Gasteiger partial charge on any atom is 0.200 e. The molecule has 122 valence electrons. The lowest BCUT2D eigenvalue weighted by atomic mass is 9.93. The molecule has 0 saturated carbocycles. The predicted molar refractivity (Wildman–Crippen MR) is 89.2 cm³/mol. The van der Waals surface area contributed by atoms with Gasteiger partial charge >= 0.3 is 0 Å². The van der Waals surface area contributed by atoms with E-state index in [0.29, 0.717) is 17.5 Å². The van der Waals surface area contributed by atoms with Gasteiger partial charge in [-0.05, 0) is 18.9 Å². The minimum Gasteiger partial charge on any atom is -0.504 e. The van der Waals surface area contributed by atoms with E-state index in [4.69, 9.17) is 0 Å². The topological polar surface area (TPSA) is 77.8 Å². The van der Waals surface area contributed by atoms with Gasteiger partial charge in [-0.2, -0.15) is 0 Å². The van der Waals surface area contributed by atoms with E-state index < -0.39 is 17.2 Å². The van der Waals surface area contributed by atoms with Gasteiger partial charge in [-0.15, -0.1) is 0 Å². The molecule has 4 nitrogen and oxygen atoms in total. The van der Waals surface area contributed by atoms with E-state index in [9.17, 15) is 20.1 Å². The Morgan fingerprint density at radius 1 is 0.957 bits per heavy atom. The lowest BCUT2D eigenvalue weighted by Crippen LogP contribution is -2.06. The summed E-state index contributed by atoms with van der Waals surface area (Å²) < 4.78 is 0. The van der Waals surface area contributed by atoms with E-state index in [2.05, 4.69) is 6.92 Å². The number of rotatable bonds is 7. The molecule has 2 aromatic carbocycles. The van der Waals surface area contributed by atoms with Gasteiger partial charge in [-0.3, -0.25) is 4.79 Å². The molecule has 0 saturated heterocycles. The molecule has 0 aromatic heterocycles. The second-order valence-corrected chi connectivity index (χ2v) is 5.62. The van der Waals surface area contributed by atoms with Gasteiger partial charge in [0.15, 0.2) is 17.3 Å². The van der Waals surface area contributed by atoms with Crippen LogP contribution in [0.2, 0.25) is 0 Å². The zero-order valence-corrected chi connectivity index (χ0v) is 13.2. The number of hydrogen-bond acceptors (Lipinski definition) is 4. The Bertz CT molecular complexity index is 678. The molecule has 0 heterocycles. The van der Waals surface area contributed by atoms with Gasteiger partial charge in [0.05, 0.1) is 0 Å². The SMILES string of the molecule is CCCCCCc1c(C(=O)c2ccccc2)cc(O)c(O)c1O. The zero-order chi connectivity index (χ0) is 16.8. The Morgan fingerprint density at radius 3 is 2.30 bits per heavy atom. The Balaban J connectivity index is 2.38. The van der Waals surface area contributed by atoms with Crippen LogP contribution in [0.25, 0.3) is 0 Å². The van der Waals surface area contributed by atoms with Crippen molar-refractivity contribution in [2.75, 3.05) is 0 Å². The zero-order valence-electron chi connectivity index (χ0n) is 13.2. The first-order valence-corrected chi connectivity index (χ1v) is 7.92. The predicted octanol–water partition coefficient (Wildman–Crippen LogP) is 4.16. The van der Waals surface area contributed by atoms with E-state index in [1.54, 1.807) is 24.3 Å². The summed E-state index contributed by atoms with van der Waals surface area (Å²) in [7, 11) is 0. The lowest BCUT2D eigenvalue weighted by Gasteiger charge is -2.13. The summed E-state index contributed by atoms with van der Waals surface area (Å²) in [6.45, 7) is 2.11. The van der Waals surface area contributed by atoms with Gasteiger partial charge in [-0.25, -0.2) is 0 Å². The maximum absolute atomic E-state index is 12.7. The molecule has 0 spiro atoms. The van der Waals surface area contributed by atoms with Gasteiger partial charge in [0.25, 0.3) is 0 Å². The summed E-state index contributed by atoms with van der Waals surface area (Å²) in [6, 6.07) is 9.94. The Morgan fingerprint density at radius 2 is 1.65 bits per heavy atom. The van der Waals surface area contributed by atoms with Crippen molar-refractivity contribution in [1.29, 1.82) is 0 Å². The molecular formula is C19H22O4. The molecule has 0 fully saturated rings. The minimum atomic E-state index is -0.569. The highest BCUT2D eigenvalue weighted by Crippen LogP contribution is 2.41. The molecule has 4 heteroatoms. The number of ketones is 1. The van der Waals surface area contributed by atoms with E-state index in [-0.39, 0.29) is 11.3 Å². The van der Waals surface area contributed by atoms with Crippen molar-refractivity contribution < 1.29 is 20.1 Å². The number of phenols is 3. The number of unbranched alkanes of at least 4 members (excludes halogenated alkanes) is 3. The lowest BCUT2D eigenvalue weighted by molar-refractivity contribution is 0.103. The number of benzene rings is 2. The van der Waals surface area contributed by atoms with E-state index in [1.165, 1.54) is 6.07 Å². The molecule has 23 heavy (non-hydrogen) atoms. The van der Waals surface area contributed by atoms with E-state index in [1.807, 2.05) is 6.07 Å². The third-order valence-corrected chi connectivity index (χ3v) is 3.92. The van der Waals surface area contributed by atoms with Gasteiger partial charge in [0.1, 0.15) is 0 Å². The number of phenolic OH excluding ortho intramolecular Hbond substituents is 3. The summed E-state index contributed by atoms with van der Waals surface area (Å²) in [5, 5.41) is 29.7. The molecule has 2 rings (SSSR count). The molecule has 0 atom stereocenters. The second-order valence-electron chi connectivity index (χ2n) is 5.62. The molecule has 0 aliphatic carbocycles. The average Bonchev–Trinajstić information content (AvgIpc) is 2.58. The van der Waals surface area contributed by atoms with Crippen molar-refractivity contribution in [3.63, 3.8) is 0 Å². The third-order valence-electron chi connectivity index (χ3n) is 3.92. The molecule has 0 unspecified atom stereocenters. The summed E-state index contributed by atoms with van der Waals surface area (Å²) in [5.74, 6) is -1.73. The van der Waals surface area contributed by atoms with Crippen LogP contribution in [-0.2, 0) is 6.42 Å². The van der Waals surface area contributed by atoms with Crippen LogP contribution in [0.5, 0.6) is 17.2 Å². The third kappa shape index (κ3) is 3.83. The Labute approximate surface area is 136 Å². The second kappa shape index (κ2) is 7.68.